The Labute approximate surface area is 134 Å². The molecule has 0 aliphatic carbocycles. The van der Waals surface area contributed by atoms with Crippen LogP contribution in [0.15, 0.2) is 16.5 Å². The van der Waals surface area contributed by atoms with Gasteiger partial charge in [-0.05, 0) is 31.5 Å². The third-order valence-corrected chi connectivity index (χ3v) is 4.23. The molecule has 0 radical (unpaired) electrons. The molecule has 2 heterocycles. The third kappa shape index (κ3) is 2.58. The van der Waals surface area contributed by atoms with E-state index in [1.165, 1.54) is 7.11 Å². The van der Waals surface area contributed by atoms with E-state index in [0.717, 1.165) is 16.5 Å². The van der Waals surface area contributed by atoms with Crippen LogP contribution in [-0.4, -0.2) is 55.4 Å². The van der Waals surface area contributed by atoms with Gasteiger partial charge in [0.1, 0.15) is 5.60 Å². The van der Waals surface area contributed by atoms with Crippen molar-refractivity contribution in [2.75, 3.05) is 33.9 Å². The number of nitrogens with zero attached hydrogens (tertiary/aromatic N) is 1. The second kappa shape index (κ2) is 5.54. The van der Waals surface area contributed by atoms with Crippen LogP contribution in [0, 0.1) is 13.8 Å². The molecule has 6 nitrogen and oxygen atoms in total. The number of furan rings is 1. The van der Waals surface area contributed by atoms with Crippen molar-refractivity contribution in [2.24, 2.45) is 0 Å². The molecule has 0 bridgehead atoms. The minimum absolute atomic E-state index is 0.211. The number of benzene rings is 1. The molecule has 0 saturated carbocycles. The molecular weight excluding hydrogens is 298 g/mol. The lowest BCUT2D eigenvalue weighted by molar-refractivity contribution is -0.118. The van der Waals surface area contributed by atoms with E-state index >= 15 is 0 Å². The Balaban J connectivity index is 1.92. The van der Waals surface area contributed by atoms with E-state index in [1.807, 2.05) is 26.0 Å². The van der Waals surface area contributed by atoms with Gasteiger partial charge >= 0.3 is 0 Å². The number of carbonyl (C=O) groups is 1. The van der Waals surface area contributed by atoms with Crippen LogP contribution in [0.25, 0.3) is 11.0 Å². The van der Waals surface area contributed by atoms with E-state index in [2.05, 4.69) is 0 Å². The van der Waals surface area contributed by atoms with Crippen molar-refractivity contribution in [1.29, 1.82) is 0 Å². The predicted octanol–water partition coefficient (Wildman–Crippen LogP) is 1.89. The van der Waals surface area contributed by atoms with Crippen molar-refractivity contribution >= 4 is 16.9 Å². The van der Waals surface area contributed by atoms with Crippen molar-refractivity contribution in [2.45, 2.75) is 19.4 Å². The number of hydrogen-bond donors (Lipinski definition) is 1. The zero-order valence-electron chi connectivity index (χ0n) is 13.8. The Kier molecular flexibility index (Phi) is 3.82. The summed E-state index contributed by atoms with van der Waals surface area (Å²) in [6.07, 6.45) is 0. The number of hydrogen-bond acceptors (Lipinski definition) is 5. The van der Waals surface area contributed by atoms with Gasteiger partial charge < -0.3 is 23.9 Å². The smallest absolute Gasteiger partial charge is 0.290 e. The van der Waals surface area contributed by atoms with E-state index < -0.39 is 5.60 Å². The highest BCUT2D eigenvalue weighted by molar-refractivity contribution is 6.00. The molecule has 6 heteroatoms. The molecule has 1 aliphatic rings. The average molecular weight is 319 g/mol. The summed E-state index contributed by atoms with van der Waals surface area (Å²) in [6.45, 7) is 4.52. The molecule has 1 aromatic heterocycles. The molecule has 124 valence electrons. The molecule has 1 aliphatic heterocycles. The minimum atomic E-state index is -0.960. The van der Waals surface area contributed by atoms with Crippen LogP contribution in [0.5, 0.6) is 5.75 Å². The number of aliphatic hydroxyl groups is 1. The first-order chi connectivity index (χ1) is 10.9. The number of rotatable bonds is 4. The van der Waals surface area contributed by atoms with Crippen LogP contribution in [0.2, 0.25) is 0 Å². The minimum Gasteiger partial charge on any atom is -0.493 e. The normalized spacial score (nSPS) is 16.5. The Hall–Kier alpha value is -2.05. The molecule has 2 aromatic rings. The molecule has 0 unspecified atom stereocenters. The van der Waals surface area contributed by atoms with Crippen LogP contribution >= 0.6 is 0 Å². The van der Waals surface area contributed by atoms with Gasteiger partial charge in [0.25, 0.3) is 5.91 Å². The first-order valence-corrected chi connectivity index (χ1v) is 7.47. The first-order valence-electron chi connectivity index (χ1n) is 7.47. The standard InChI is InChI=1S/C17H21NO5/c1-10-5-12-11(2)14(23-15(12)13(6-10)22-4)16(19)18-7-17(20,8-18)9-21-3/h5-6,20H,7-9H2,1-4H3. The van der Waals surface area contributed by atoms with Crippen LogP contribution < -0.4 is 4.74 Å². The topological polar surface area (TPSA) is 72.1 Å². The highest BCUT2D eigenvalue weighted by Gasteiger charge is 2.45. The molecule has 23 heavy (non-hydrogen) atoms. The van der Waals surface area contributed by atoms with Crippen LogP contribution in [0.4, 0.5) is 0 Å². The fraction of sp³-hybridized carbons (Fsp3) is 0.471. The number of methoxy groups -OCH3 is 2. The van der Waals surface area contributed by atoms with Crippen LogP contribution in [-0.2, 0) is 4.74 Å². The monoisotopic (exact) mass is 319 g/mol. The maximum absolute atomic E-state index is 12.6. The number of fused-ring (bicyclic) bond motifs is 1. The van der Waals surface area contributed by atoms with Gasteiger partial charge in [-0.25, -0.2) is 0 Å². The predicted molar refractivity (Wildman–Crippen MR) is 85.0 cm³/mol. The summed E-state index contributed by atoms with van der Waals surface area (Å²) in [4.78, 5) is 14.2. The lowest BCUT2D eigenvalue weighted by Gasteiger charge is -2.45. The van der Waals surface area contributed by atoms with Gasteiger partial charge in [0.2, 0.25) is 0 Å². The van der Waals surface area contributed by atoms with E-state index in [-0.39, 0.29) is 25.6 Å². The Morgan fingerprint density at radius 2 is 2.04 bits per heavy atom. The van der Waals surface area contributed by atoms with E-state index in [0.29, 0.717) is 17.1 Å². The molecule has 0 atom stereocenters. The van der Waals surface area contributed by atoms with Gasteiger partial charge in [-0.15, -0.1) is 0 Å². The molecular formula is C17H21NO5. The highest BCUT2D eigenvalue weighted by Crippen LogP contribution is 2.35. The summed E-state index contributed by atoms with van der Waals surface area (Å²) >= 11 is 0. The molecule has 1 aromatic carbocycles. The number of ether oxygens (including phenoxy) is 2. The fourth-order valence-corrected chi connectivity index (χ4v) is 3.09. The summed E-state index contributed by atoms with van der Waals surface area (Å²) in [6, 6.07) is 3.85. The number of carbonyl (C=O) groups excluding carboxylic acids is 1. The summed E-state index contributed by atoms with van der Waals surface area (Å²) in [5, 5.41) is 11.0. The lowest BCUT2D eigenvalue weighted by Crippen LogP contribution is -2.65. The van der Waals surface area contributed by atoms with Crippen LogP contribution in [0.3, 0.4) is 0 Å². The van der Waals surface area contributed by atoms with Gasteiger partial charge in [0.05, 0.1) is 26.8 Å². The van der Waals surface area contributed by atoms with Crippen molar-refractivity contribution in [3.05, 3.63) is 29.0 Å². The summed E-state index contributed by atoms with van der Waals surface area (Å²) < 4.78 is 16.1. The summed E-state index contributed by atoms with van der Waals surface area (Å²) in [5.74, 6) is 0.684. The third-order valence-electron chi connectivity index (χ3n) is 4.23. The zero-order valence-corrected chi connectivity index (χ0v) is 13.8. The van der Waals surface area contributed by atoms with Gasteiger partial charge in [-0.2, -0.15) is 0 Å². The Bertz CT molecular complexity index is 758. The SMILES string of the molecule is COCC1(O)CN(C(=O)c2oc3c(OC)cc(C)cc3c2C)C1. The van der Waals surface area contributed by atoms with Gasteiger partial charge in [-0.1, -0.05) is 0 Å². The average Bonchev–Trinajstić information content (AvgIpc) is 2.81. The number of amides is 1. The molecule has 1 amide bonds. The van der Waals surface area contributed by atoms with Crippen molar-refractivity contribution in [3.8, 4) is 5.75 Å². The summed E-state index contributed by atoms with van der Waals surface area (Å²) in [7, 11) is 3.11. The van der Waals surface area contributed by atoms with Crippen molar-refractivity contribution in [1.82, 2.24) is 4.90 Å². The van der Waals surface area contributed by atoms with E-state index in [1.54, 1.807) is 12.0 Å². The van der Waals surface area contributed by atoms with E-state index in [9.17, 15) is 9.90 Å². The second-order valence-corrected chi connectivity index (χ2v) is 6.22. The molecule has 1 saturated heterocycles. The Morgan fingerprint density at radius 3 is 2.65 bits per heavy atom. The largest absolute Gasteiger partial charge is 0.493 e. The van der Waals surface area contributed by atoms with Gasteiger partial charge in [-0.3, -0.25) is 4.79 Å². The van der Waals surface area contributed by atoms with Crippen molar-refractivity contribution in [3.63, 3.8) is 0 Å². The number of likely N-dealkylation sites (tertiary alicyclic amines) is 1. The quantitative estimate of drug-likeness (QED) is 0.932. The summed E-state index contributed by atoms with van der Waals surface area (Å²) in [5.41, 5.74) is 1.44. The molecule has 1 fully saturated rings. The molecule has 1 N–H and O–H groups in total. The van der Waals surface area contributed by atoms with Gasteiger partial charge in [0, 0.05) is 18.1 Å². The second-order valence-electron chi connectivity index (χ2n) is 6.22. The number of aryl methyl sites for hydroxylation is 2. The lowest BCUT2D eigenvalue weighted by atomic mass is 9.94. The maximum Gasteiger partial charge on any atom is 0.290 e. The first kappa shape index (κ1) is 15.8. The van der Waals surface area contributed by atoms with Gasteiger partial charge in [0.15, 0.2) is 17.1 Å². The fourth-order valence-electron chi connectivity index (χ4n) is 3.09. The molecule has 0 spiro atoms. The maximum atomic E-state index is 12.6. The van der Waals surface area contributed by atoms with Crippen molar-refractivity contribution < 1.29 is 23.8 Å². The molecule has 3 rings (SSSR count). The van der Waals surface area contributed by atoms with Crippen LogP contribution in [0.1, 0.15) is 21.7 Å². The number of β-amino-alcohol motifs (C(OH)–C–C–N with tert-alkyl or cyclic N) is 1. The highest BCUT2D eigenvalue weighted by atomic mass is 16.5. The van der Waals surface area contributed by atoms with E-state index in [4.69, 9.17) is 13.9 Å². The zero-order chi connectivity index (χ0) is 16.8. The Morgan fingerprint density at radius 1 is 1.35 bits per heavy atom.